The Labute approximate surface area is 181 Å². The number of non-ortho nitro benzene ring substituents is 1. The van der Waals surface area contributed by atoms with Crippen molar-refractivity contribution in [3.63, 3.8) is 0 Å². The Balaban J connectivity index is 1.75. The fourth-order valence-corrected chi connectivity index (χ4v) is 2.59. The van der Waals surface area contributed by atoms with Crippen molar-refractivity contribution >= 4 is 34.7 Å². The van der Waals surface area contributed by atoms with Gasteiger partial charge in [0.05, 0.1) is 17.0 Å². The summed E-state index contributed by atoms with van der Waals surface area (Å²) in [5.41, 5.74) is -0.122. The molecule has 0 unspecified atom stereocenters. The summed E-state index contributed by atoms with van der Waals surface area (Å²) in [5.74, 6) is -1.73. The number of hydrogen-bond acceptors (Lipinski definition) is 9. The first-order valence-corrected chi connectivity index (χ1v) is 9.27. The van der Waals surface area contributed by atoms with Crippen LogP contribution in [-0.2, 0) is 14.3 Å². The number of nitrogens with one attached hydrogen (secondary N) is 1. The molecule has 0 aliphatic heterocycles. The van der Waals surface area contributed by atoms with Crippen LogP contribution in [0.5, 0.6) is 5.75 Å². The number of methoxy groups -OCH3 is 1. The summed E-state index contributed by atoms with van der Waals surface area (Å²) in [6.45, 7) is -0.600. The van der Waals surface area contributed by atoms with Crippen LogP contribution in [0.2, 0.25) is 0 Å². The summed E-state index contributed by atoms with van der Waals surface area (Å²) in [6, 6.07) is 8.92. The van der Waals surface area contributed by atoms with Crippen LogP contribution in [0.25, 0.3) is 0 Å². The molecule has 0 aromatic heterocycles. The third kappa shape index (κ3) is 6.86. The van der Waals surface area contributed by atoms with Crippen LogP contribution in [0.15, 0.2) is 42.5 Å². The van der Waals surface area contributed by atoms with E-state index < -0.39 is 34.1 Å². The van der Waals surface area contributed by atoms with Crippen LogP contribution in [-0.4, -0.2) is 41.2 Å². The molecular weight excluding hydrogens is 426 g/mol. The Morgan fingerprint density at radius 3 is 2.25 bits per heavy atom. The monoisotopic (exact) mass is 445 g/mol. The maximum atomic E-state index is 12.1. The molecule has 32 heavy (non-hydrogen) atoms. The number of hydrogen-bond donors (Lipinski definition) is 1. The molecule has 0 spiro atoms. The molecule has 0 radical (unpaired) electrons. The molecule has 168 valence electrons. The maximum absolute atomic E-state index is 12.1. The highest BCUT2D eigenvalue weighted by Crippen LogP contribution is 2.27. The Morgan fingerprint density at radius 2 is 1.66 bits per heavy atom. The first-order chi connectivity index (χ1) is 15.2. The van der Waals surface area contributed by atoms with Crippen molar-refractivity contribution < 1.29 is 33.7 Å². The molecule has 0 atom stereocenters. The molecular formula is C20H19N3O9. The average molecular weight is 445 g/mol. The van der Waals surface area contributed by atoms with Gasteiger partial charge in [-0.05, 0) is 30.7 Å². The number of benzene rings is 2. The zero-order chi connectivity index (χ0) is 23.7. The van der Waals surface area contributed by atoms with Gasteiger partial charge in [-0.3, -0.25) is 34.6 Å². The van der Waals surface area contributed by atoms with E-state index in [1.807, 2.05) is 0 Å². The number of nitrogens with zero attached hydrogens (tertiary/aromatic N) is 2. The van der Waals surface area contributed by atoms with Gasteiger partial charge in [-0.2, -0.15) is 0 Å². The van der Waals surface area contributed by atoms with Gasteiger partial charge >= 0.3 is 11.7 Å². The van der Waals surface area contributed by atoms with Crippen molar-refractivity contribution in [1.29, 1.82) is 0 Å². The quantitative estimate of drug-likeness (QED) is 0.236. The lowest BCUT2D eigenvalue weighted by molar-refractivity contribution is -0.385. The minimum Gasteiger partial charge on any atom is -0.490 e. The largest absolute Gasteiger partial charge is 0.490 e. The Morgan fingerprint density at radius 1 is 0.969 bits per heavy atom. The van der Waals surface area contributed by atoms with Crippen LogP contribution < -0.4 is 10.1 Å². The lowest BCUT2D eigenvalue weighted by Gasteiger charge is -2.07. The smallest absolute Gasteiger partial charge is 0.311 e. The summed E-state index contributed by atoms with van der Waals surface area (Å²) in [6.07, 6.45) is 0.0221. The highest BCUT2D eigenvalue weighted by molar-refractivity contribution is 5.98. The van der Waals surface area contributed by atoms with Gasteiger partial charge in [-0.1, -0.05) is 0 Å². The molecule has 1 amide bonds. The molecule has 0 fully saturated rings. The molecule has 12 nitrogen and oxygen atoms in total. The van der Waals surface area contributed by atoms with Gasteiger partial charge in [0.25, 0.3) is 5.69 Å². The molecule has 12 heteroatoms. The second kappa shape index (κ2) is 11.2. The molecule has 1 N–H and O–H groups in total. The van der Waals surface area contributed by atoms with Crippen molar-refractivity contribution in [2.75, 3.05) is 19.0 Å². The van der Waals surface area contributed by atoms with Crippen LogP contribution in [0.4, 0.5) is 17.1 Å². The van der Waals surface area contributed by atoms with E-state index in [1.165, 1.54) is 43.5 Å². The molecule has 2 aromatic rings. The molecule has 0 aliphatic rings. The number of esters is 1. The van der Waals surface area contributed by atoms with Crippen molar-refractivity contribution in [3.05, 3.63) is 68.3 Å². The summed E-state index contributed by atoms with van der Waals surface area (Å²) in [7, 11) is 1.26. The summed E-state index contributed by atoms with van der Waals surface area (Å²) in [4.78, 5) is 56.2. The molecule has 2 rings (SSSR count). The summed E-state index contributed by atoms with van der Waals surface area (Å²) >= 11 is 0. The van der Waals surface area contributed by atoms with Gasteiger partial charge in [0.2, 0.25) is 11.7 Å². The molecule has 2 aromatic carbocycles. The lowest BCUT2D eigenvalue weighted by atomic mass is 10.1. The fourth-order valence-electron chi connectivity index (χ4n) is 2.59. The highest BCUT2D eigenvalue weighted by atomic mass is 16.6. The van der Waals surface area contributed by atoms with Crippen LogP contribution in [0.1, 0.15) is 29.6 Å². The van der Waals surface area contributed by atoms with Crippen molar-refractivity contribution in [2.24, 2.45) is 0 Å². The van der Waals surface area contributed by atoms with E-state index in [2.05, 4.69) is 5.32 Å². The van der Waals surface area contributed by atoms with Gasteiger partial charge in [0, 0.05) is 42.3 Å². The summed E-state index contributed by atoms with van der Waals surface area (Å²) in [5, 5.41) is 24.2. The number of ether oxygens (including phenoxy) is 2. The number of rotatable bonds is 11. The zero-order valence-electron chi connectivity index (χ0n) is 16.9. The number of ketones is 1. The van der Waals surface area contributed by atoms with Gasteiger partial charge in [0.15, 0.2) is 12.4 Å². The van der Waals surface area contributed by atoms with Crippen LogP contribution >= 0.6 is 0 Å². The number of anilines is 1. The van der Waals surface area contributed by atoms with E-state index in [9.17, 15) is 34.6 Å². The van der Waals surface area contributed by atoms with E-state index in [0.29, 0.717) is 5.69 Å². The Kier molecular flexibility index (Phi) is 8.34. The van der Waals surface area contributed by atoms with Gasteiger partial charge < -0.3 is 14.8 Å². The number of nitro benzene ring substituents is 2. The first kappa shape index (κ1) is 23.9. The number of carbonyl (C=O) groups excluding carboxylic acids is 3. The number of Topliss-reactive ketones (excluding diaryl/α,β-unsaturated/α-hetero) is 1. The minimum absolute atomic E-state index is 0.00412. The lowest BCUT2D eigenvalue weighted by Crippen LogP contribution is -2.15. The molecule has 0 aliphatic carbocycles. The second-order valence-corrected chi connectivity index (χ2v) is 6.43. The number of carbonyl (C=O) groups is 3. The third-order valence-corrected chi connectivity index (χ3v) is 4.21. The maximum Gasteiger partial charge on any atom is 0.311 e. The third-order valence-electron chi connectivity index (χ3n) is 4.21. The predicted octanol–water partition coefficient (Wildman–Crippen LogP) is 3.05. The summed E-state index contributed by atoms with van der Waals surface area (Å²) < 4.78 is 9.72. The second-order valence-electron chi connectivity index (χ2n) is 6.43. The Hall–Kier alpha value is -4.35. The fraction of sp³-hybridized carbons (Fsp3) is 0.250. The van der Waals surface area contributed by atoms with Gasteiger partial charge in [-0.25, -0.2) is 0 Å². The minimum atomic E-state index is -0.704. The van der Waals surface area contributed by atoms with Crippen LogP contribution in [0.3, 0.4) is 0 Å². The first-order valence-electron chi connectivity index (χ1n) is 9.27. The van der Waals surface area contributed by atoms with E-state index in [-0.39, 0.29) is 42.0 Å². The van der Waals surface area contributed by atoms with E-state index >= 15 is 0 Å². The molecule has 0 heterocycles. The number of nitro groups is 2. The zero-order valence-corrected chi connectivity index (χ0v) is 16.9. The highest BCUT2D eigenvalue weighted by Gasteiger charge is 2.19. The molecule has 0 saturated carbocycles. The number of amides is 1. The van der Waals surface area contributed by atoms with E-state index in [4.69, 9.17) is 9.47 Å². The van der Waals surface area contributed by atoms with Gasteiger partial charge in [-0.15, -0.1) is 0 Å². The van der Waals surface area contributed by atoms with E-state index in [0.717, 1.165) is 6.07 Å². The average Bonchev–Trinajstić information content (AvgIpc) is 2.77. The predicted molar refractivity (Wildman–Crippen MR) is 111 cm³/mol. The molecule has 0 bridgehead atoms. The van der Waals surface area contributed by atoms with Crippen molar-refractivity contribution in [2.45, 2.75) is 19.3 Å². The van der Waals surface area contributed by atoms with Crippen molar-refractivity contribution in [3.8, 4) is 5.75 Å². The van der Waals surface area contributed by atoms with Gasteiger partial charge in [0.1, 0.15) is 0 Å². The van der Waals surface area contributed by atoms with Crippen molar-refractivity contribution in [1.82, 2.24) is 0 Å². The molecule has 0 saturated heterocycles. The SMILES string of the molecule is COc1ccc(C(=O)COC(=O)CCCC(=O)Nc2ccc([N+](=O)[O-])cc2)cc1[N+](=O)[O-]. The standard InChI is InChI=1S/C20H19N3O9/c1-31-18-10-5-13(11-16(18)23(29)30)17(24)12-32-20(26)4-2-3-19(25)21-14-6-8-15(9-7-14)22(27)28/h5-11H,2-4,12H2,1H3,(H,21,25). The van der Waals surface area contributed by atoms with E-state index in [1.54, 1.807) is 0 Å². The normalized spacial score (nSPS) is 10.2. The van der Waals surface area contributed by atoms with Crippen LogP contribution in [0, 0.1) is 20.2 Å². The topological polar surface area (TPSA) is 168 Å². The Bertz CT molecular complexity index is 1040.